The molecule has 0 unspecified atom stereocenters. The van der Waals surface area contributed by atoms with Gasteiger partial charge in [0.05, 0.1) is 25.5 Å². The van der Waals surface area contributed by atoms with Gasteiger partial charge in [0.25, 0.3) is 0 Å². The molecule has 2 heterocycles. The zero-order valence-electron chi connectivity index (χ0n) is 15.3. The molecule has 24 heavy (non-hydrogen) atoms. The molecule has 1 saturated heterocycles. The van der Waals surface area contributed by atoms with Gasteiger partial charge in [0.2, 0.25) is 0 Å². The van der Waals surface area contributed by atoms with Crippen molar-refractivity contribution in [1.82, 2.24) is 20.0 Å². The van der Waals surface area contributed by atoms with Crippen LogP contribution >= 0.6 is 0 Å². The molecule has 136 valence electrons. The Morgan fingerprint density at radius 3 is 2.75 bits per heavy atom. The van der Waals surface area contributed by atoms with E-state index in [1.54, 1.807) is 0 Å². The van der Waals surface area contributed by atoms with Crippen LogP contribution in [0.4, 0.5) is 0 Å². The molecule has 0 bridgehead atoms. The summed E-state index contributed by atoms with van der Waals surface area (Å²) >= 11 is 0. The van der Waals surface area contributed by atoms with Gasteiger partial charge in [0, 0.05) is 56.1 Å². The molecule has 2 fully saturated rings. The fraction of sp³-hybridized carbons (Fsp3) is 0.833. The van der Waals surface area contributed by atoms with E-state index in [1.807, 2.05) is 10.9 Å². The van der Waals surface area contributed by atoms with Crippen LogP contribution in [-0.4, -0.2) is 65.8 Å². The van der Waals surface area contributed by atoms with Crippen molar-refractivity contribution in [3.63, 3.8) is 0 Å². The molecule has 1 aliphatic carbocycles. The topological polar surface area (TPSA) is 51.5 Å². The van der Waals surface area contributed by atoms with Crippen LogP contribution in [-0.2, 0) is 16.0 Å². The number of morpholine rings is 1. The summed E-state index contributed by atoms with van der Waals surface area (Å²) < 4.78 is 13.4. The minimum Gasteiger partial charge on any atom is -0.379 e. The maximum absolute atomic E-state index is 5.82. The van der Waals surface area contributed by atoms with Crippen molar-refractivity contribution in [1.29, 1.82) is 0 Å². The molecule has 0 aromatic carbocycles. The highest BCUT2D eigenvalue weighted by atomic mass is 16.5. The molecule has 6 heteroatoms. The lowest BCUT2D eigenvalue weighted by molar-refractivity contribution is -0.125. The van der Waals surface area contributed by atoms with Crippen LogP contribution in [0.15, 0.2) is 12.4 Å². The van der Waals surface area contributed by atoms with E-state index in [0.29, 0.717) is 12.1 Å². The Hall–Kier alpha value is -0.950. The second kappa shape index (κ2) is 7.95. The molecule has 2 aliphatic rings. The Labute approximate surface area is 145 Å². The van der Waals surface area contributed by atoms with Crippen LogP contribution < -0.4 is 5.32 Å². The van der Waals surface area contributed by atoms with Gasteiger partial charge in [-0.05, 0) is 33.6 Å². The SMILES string of the molecule is CCOC1CC(CNCc2cnn(C(C)C)c2)(N2CCOCC2)C1. The minimum atomic E-state index is 0.234. The summed E-state index contributed by atoms with van der Waals surface area (Å²) in [4.78, 5) is 2.61. The molecule has 1 aliphatic heterocycles. The van der Waals surface area contributed by atoms with Gasteiger partial charge in [-0.2, -0.15) is 5.10 Å². The van der Waals surface area contributed by atoms with Gasteiger partial charge in [-0.1, -0.05) is 0 Å². The van der Waals surface area contributed by atoms with Crippen molar-refractivity contribution >= 4 is 0 Å². The average molecular weight is 336 g/mol. The molecule has 1 aromatic rings. The monoisotopic (exact) mass is 336 g/mol. The first kappa shape index (κ1) is 17.9. The Kier molecular flexibility index (Phi) is 5.92. The number of hydrogen-bond acceptors (Lipinski definition) is 5. The number of aromatic nitrogens is 2. The molecule has 3 rings (SSSR count). The van der Waals surface area contributed by atoms with E-state index < -0.39 is 0 Å². The quantitative estimate of drug-likeness (QED) is 0.785. The summed E-state index contributed by atoms with van der Waals surface area (Å²) in [5.74, 6) is 0. The summed E-state index contributed by atoms with van der Waals surface area (Å²) in [5, 5.41) is 8.09. The lowest BCUT2D eigenvalue weighted by atomic mass is 9.72. The van der Waals surface area contributed by atoms with Crippen molar-refractivity contribution in [2.75, 3.05) is 39.5 Å². The zero-order chi connectivity index (χ0) is 17.0. The van der Waals surface area contributed by atoms with E-state index >= 15 is 0 Å². The Morgan fingerprint density at radius 2 is 2.12 bits per heavy atom. The number of rotatable bonds is 8. The molecule has 1 N–H and O–H groups in total. The lowest BCUT2D eigenvalue weighted by Gasteiger charge is -2.55. The minimum absolute atomic E-state index is 0.234. The van der Waals surface area contributed by atoms with Crippen molar-refractivity contribution in [3.05, 3.63) is 18.0 Å². The molecule has 0 atom stereocenters. The maximum Gasteiger partial charge on any atom is 0.0611 e. The fourth-order valence-corrected chi connectivity index (χ4v) is 3.88. The third kappa shape index (κ3) is 3.99. The highest BCUT2D eigenvalue weighted by molar-refractivity contribution is 5.08. The summed E-state index contributed by atoms with van der Waals surface area (Å²) in [6.07, 6.45) is 6.78. The van der Waals surface area contributed by atoms with Crippen LogP contribution in [0.5, 0.6) is 0 Å². The molecule has 0 spiro atoms. The molecular formula is C18H32N4O2. The number of nitrogens with zero attached hydrogens (tertiary/aromatic N) is 3. The molecule has 0 amide bonds. The smallest absolute Gasteiger partial charge is 0.0611 e. The molecule has 1 saturated carbocycles. The van der Waals surface area contributed by atoms with E-state index in [1.165, 1.54) is 5.56 Å². The van der Waals surface area contributed by atoms with Crippen LogP contribution in [0, 0.1) is 0 Å². The average Bonchev–Trinajstić information content (AvgIpc) is 3.02. The van der Waals surface area contributed by atoms with Gasteiger partial charge < -0.3 is 14.8 Å². The second-order valence-corrected chi connectivity index (χ2v) is 7.34. The molecule has 6 nitrogen and oxygen atoms in total. The number of nitrogens with one attached hydrogen (secondary N) is 1. The van der Waals surface area contributed by atoms with Gasteiger partial charge in [0.15, 0.2) is 0 Å². The normalized spacial score (nSPS) is 28.2. The van der Waals surface area contributed by atoms with Crippen LogP contribution in [0.2, 0.25) is 0 Å². The Bertz CT molecular complexity index is 505. The number of ether oxygens (including phenoxy) is 2. The summed E-state index contributed by atoms with van der Waals surface area (Å²) in [6, 6.07) is 0.414. The van der Waals surface area contributed by atoms with Gasteiger partial charge in [-0.15, -0.1) is 0 Å². The Morgan fingerprint density at radius 1 is 1.38 bits per heavy atom. The molecule has 1 aromatic heterocycles. The largest absolute Gasteiger partial charge is 0.379 e. The van der Waals surface area contributed by atoms with Crippen LogP contribution in [0.25, 0.3) is 0 Å². The fourth-order valence-electron chi connectivity index (χ4n) is 3.88. The standard InChI is InChI=1S/C18H32N4O2/c1-4-24-17-9-18(10-17,21-5-7-23-8-6-21)14-19-11-16-12-20-22(13-16)15(2)3/h12-13,15,17,19H,4-11,14H2,1-3H3. The maximum atomic E-state index is 5.82. The molecule has 0 radical (unpaired) electrons. The van der Waals surface area contributed by atoms with E-state index in [-0.39, 0.29) is 5.54 Å². The van der Waals surface area contributed by atoms with Crippen molar-refractivity contribution in [2.45, 2.75) is 57.8 Å². The van der Waals surface area contributed by atoms with Crippen molar-refractivity contribution in [3.8, 4) is 0 Å². The highest BCUT2D eigenvalue weighted by Crippen LogP contribution is 2.40. The first-order valence-electron chi connectivity index (χ1n) is 9.31. The zero-order valence-corrected chi connectivity index (χ0v) is 15.3. The van der Waals surface area contributed by atoms with Gasteiger partial charge in [-0.25, -0.2) is 0 Å². The van der Waals surface area contributed by atoms with Gasteiger partial charge >= 0.3 is 0 Å². The van der Waals surface area contributed by atoms with E-state index in [2.05, 4.69) is 42.3 Å². The molecular weight excluding hydrogens is 304 g/mol. The first-order valence-corrected chi connectivity index (χ1v) is 9.31. The number of hydrogen-bond donors (Lipinski definition) is 1. The predicted octanol–water partition coefficient (Wildman–Crippen LogP) is 1.82. The van der Waals surface area contributed by atoms with Crippen LogP contribution in [0.1, 0.15) is 45.2 Å². The van der Waals surface area contributed by atoms with Gasteiger partial charge in [-0.3, -0.25) is 9.58 Å². The summed E-state index contributed by atoms with van der Waals surface area (Å²) in [6.45, 7) is 12.8. The Balaban J connectivity index is 1.54. The summed E-state index contributed by atoms with van der Waals surface area (Å²) in [5.41, 5.74) is 1.49. The second-order valence-electron chi connectivity index (χ2n) is 7.34. The van der Waals surface area contributed by atoms with Crippen molar-refractivity contribution < 1.29 is 9.47 Å². The third-order valence-electron chi connectivity index (χ3n) is 5.27. The highest BCUT2D eigenvalue weighted by Gasteiger charge is 2.48. The van der Waals surface area contributed by atoms with Gasteiger partial charge in [0.1, 0.15) is 0 Å². The predicted molar refractivity (Wildman–Crippen MR) is 94.1 cm³/mol. The van der Waals surface area contributed by atoms with E-state index in [4.69, 9.17) is 9.47 Å². The lowest BCUT2D eigenvalue weighted by Crippen LogP contribution is -2.66. The third-order valence-corrected chi connectivity index (χ3v) is 5.27. The summed E-state index contributed by atoms with van der Waals surface area (Å²) in [7, 11) is 0. The van der Waals surface area contributed by atoms with Crippen LogP contribution in [0.3, 0.4) is 0 Å². The first-order chi connectivity index (χ1) is 11.6. The van der Waals surface area contributed by atoms with E-state index in [9.17, 15) is 0 Å². The van der Waals surface area contributed by atoms with E-state index in [0.717, 1.165) is 58.8 Å². The van der Waals surface area contributed by atoms with Crippen molar-refractivity contribution in [2.24, 2.45) is 0 Å².